The van der Waals surface area contributed by atoms with Crippen molar-refractivity contribution >= 4 is 0 Å². The molecule has 0 bridgehead atoms. The van der Waals surface area contributed by atoms with Gasteiger partial charge in [0.25, 0.3) is 0 Å². The van der Waals surface area contributed by atoms with Gasteiger partial charge < -0.3 is 14.9 Å². The molecule has 2 rings (SSSR count). The minimum absolute atomic E-state index is 0.0444. The number of rotatable bonds is 4. The van der Waals surface area contributed by atoms with Gasteiger partial charge in [0.05, 0.1) is 6.10 Å². The molecular weight excluding hydrogens is 224 g/mol. The van der Waals surface area contributed by atoms with Crippen LogP contribution in [0.2, 0.25) is 0 Å². The van der Waals surface area contributed by atoms with Crippen molar-refractivity contribution in [1.29, 1.82) is 0 Å². The lowest BCUT2D eigenvalue weighted by molar-refractivity contribution is 0.0167. The molecule has 1 heterocycles. The van der Waals surface area contributed by atoms with Crippen LogP contribution < -0.4 is 0 Å². The van der Waals surface area contributed by atoms with Crippen LogP contribution >= 0.6 is 0 Å². The summed E-state index contributed by atoms with van der Waals surface area (Å²) in [7, 11) is 0. The second kappa shape index (κ2) is 6.88. The molecule has 2 fully saturated rings. The molecule has 3 unspecified atom stereocenters. The van der Waals surface area contributed by atoms with Crippen molar-refractivity contribution in [3.8, 4) is 0 Å². The predicted octanol–water partition coefficient (Wildman–Crippen LogP) is 1.81. The molecule has 3 atom stereocenters. The summed E-state index contributed by atoms with van der Waals surface area (Å²) in [5.74, 6) is 1.38. The van der Waals surface area contributed by atoms with Crippen molar-refractivity contribution in [3.05, 3.63) is 0 Å². The standard InChI is InChI=1S/C15H30N2O/c1-3-13-5-6-15(18)14(11-13)12-17-9-7-16(4-2)8-10-17/h13-15,18H,3-12H2,1-2H3. The quantitative estimate of drug-likeness (QED) is 0.829. The molecule has 3 nitrogen and oxygen atoms in total. The lowest BCUT2D eigenvalue weighted by Crippen LogP contribution is -2.49. The van der Waals surface area contributed by atoms with Gasteiger partial charge in [0.1, 0.15) is 0 Å². The van der Waals surface area contributed by atoms with Crippen molar-refractivity contribution < 1.29 is 5.11 Å². The highest BCUT2D eigenvalue weighted by molar-refractivity contribution is 4.83. The molecule has 0 radical (unpaired) electrons. The third kappa shape index (κ3) is 3.69. The number of piperazine rings is 1. The van der Waals surface area contributed by atoms with Gasteiger partial charge in [0.15, 0.2) is 0 Å². The predicted molar refractivity (Wildman–Crippen MR) is 75.7 cm³/mol. The van der Waals surface area contributed by atoms with E-state index in [0.29, 0.717) is 5.92 Å². The van der Waals surface area contributed by atoms with Crippen LogP contribution in [-0.4, -0.2) is 60.3 Å². The number of hydrogen-bond donors (Lipinski definition) is 1. The van der Waals surface area contributed by atoms with Crippen molar-refractivity contribution in [2.45, 2.75) is 45.6 Å². The van der Waals surface area contributed by atoms with Gasteiger partial charge in [-0.2, -0.15) is 0 Å². The maximum atomic E-state index is 10.2. The average molecular weight is 254 g/mol. The largest absolute Gasteiger partial charge is 0.393 e. The van der Waals surface area contributed by atoms with Gasteiger partial charge in [-0.25, -0.2) is 0 Å². The number of nitrogens with zero attached hydrogens (tertiary/aromatic N) is 2. The van der Waals surface area contributed by atoms with Crippen LogP contribution in [0.25, 0.3) is 0 Å². The van der Waals surface area contributed by atoms with Crippen molar-refractivity contribution in [1.82, 2.24) is 9.80 Å². The zero-order valence-electron chi connectivity index (χ0n) is 12.1. The lowest BCUT2D eigenvalue weighted by atomic mass is 9.78. The van der Waals surface area contributed by atoms with Gasteiger partial charge >= 0.3 is 0 Å². The van der Waals surface area contributed by atoms with Crippen LogP contribution in [0.1, 0.15) is 39.5 Å². The number of likely N-dealkylation sites (N-methyl/N-ethyl adjacent to an activating group) is 1. The molecule has 1 N–H and O–H groups in total. The smallest absolute Gasteiger partial charge is 0.0580 e. The van der Waals surface area contributed by atoms with Crippen LogP contribution in [0.3, 0.4) is 0 Å². The molecule has 0 spiro atoms. The second-order valence-corrected chi connectivity index (χ2v) is 6.15. The van der Waals surface area contributed by atoms with E-state index in [1.54, 1.807) is 0 Å². The molecule has 0 amide bonds. The molecule has 3 heteroatoms. The summed E-state index contributed by atoms with van der Waals surface area (Å²) in [6, 6.07) is 0. The van der Waals surface area contributed by atoms with E-state index in [1.807, 2.05) is 0 Å². The fraction of sp³-hybridized carbons (Fsp3) is 1.00. The van der Waals surface area contributed by atoms with E-state index in [1.165, 1.54) is 52.0 Å². The zero-order chi connectivity index (χ0) is 13.0. The Morgan fingerprint density at radius 2 is 1.67 bits per heavy atom. The Kier molecular flexibility index (Phi) is 5.46. The highest BCUT2D eigenvalue weighted by Crippen LogP contribution is 2.32. The molecule has 1 saturated carbocycles. The summed E-state index contributed by atoms with van der Waals surface area (Å²) in [6.45, 7) is 11.6. The first-order chi connectivity index (χ1) is 8.72. The van der Waals surface area contributed by atoms with E-state index in [-0.39, 0.29) is 6.10 Å². The summed E-state index contributed by atoms with van der Waals surface area (Å²) in [5.41, 5.74) is 0. The van der Waals surface area contributed by atoms with Gasteiger partial charge in [-0.3, -0.25) is 0 Å². The summed E-state index contributed by atoms with van der Waals surface area (Å²) in [6.07, 6.45) is 4.74. The van der Waals surface area contributed by atoms with E-state index >= 15 is 0 Å². The van der Waals surface area contributed by atoms with E-state index in [0.717, 1.165) is 18.9 Å². The normalized spacial score (nSPS) is 35.8. The monoisotopic (exact) mass is 254 g/mol. The minimum atomic E-state index is -0.0444. The van der Waals surface area contributed by atoms with Crippen molar-refractivity contribution in [3.63, 3.8) is 0 Å². The maximum Gasteiger partial charge on any atom is 0.0580 e. The van der Waals surface area contributed by atoms with Gasteiger partial charge in [0, 0.05) is 32.7 Å². The molecule has 0 aromatic rings. The first kappa shape index (κ1) is 14.3. The summed E-state index contributed by atoms with van der Waals surface area (Å²) >= 11 is 0. The number of aliphatic hydroxyl groups is 1. The number of aliphatic hydroxyl groups excluding tert-OH is 1. The van der Waals surface area contributed by atoms with Crippen LogP contribution in [0, 0.1) is 11.8 Å². The minimum Gasteiger partial charge on any atom is -0.393 e. The summed E-state index contributed by atoms with van der Waals surface area (Å²) < 4.78 is 0. The van der Waals surface area contributed by atoms with E-state index in [2.05, 4.69) is 23.6 Å². The van der Waals surface area contributed by atoms with E-state index in [9.17, 15) is 5.11 Å². The fourth-order valence-corrected chi connectivity index (χ4v) is 3.53. The molecule has 1 aliphatic heterocycles. The average Bonchev–Trinajstić information content (AvgIpc) is 2.42. The Balaban J connectivity index is 1.77. The zero-order valence-corrected chi connectivity index (χ0v) is 12.1. The molecule has 0 aromatic heterocycles. The Morgan fingerprint density at radius 1 is 1.00 bits per heavy atom. The molecule has 0 aromatic carbocycles. The fourth-order valence-electron chi connectivity index (χ4n) is 3.53. The first-order valence-corrected chi connectivity index (χ1v) is 7.85. The Morgan fingerprint density at radius 3 is 2.28 bits per heavy atom. The van der Waals surface area contributed by atoms with Gasteiger partial charge in [-0.15, -0.1) is 0 Å². The van der Waals surface area contributed by atoms with Gasteiger partial charge in [0.2, 0.25) is 0 Å². The summed E-state index contributed by atoms with van der Waals surface area (Å²) in [4.78, 5) is 5.08. The molecule has 1 aliphatic carbocycles. The maximum absolute atomic E-state index is 10.2. The highest BCUT2D eigenvalue weighted by Gasteiger charge is 2.30. The molecule has 2 aliphatic rings. The van der Waals surface area contributed by atoms with E-state index in [4.69, 9.17) is 0 Å². The summed E-state index contributed by atoms with van der Waals surface area (Å²) in [5, 5.41) is 10.2. The Bertz CT molecular complexity index is 239. The molecule has 1 saturated heterocycles. The first-order valence-electron chi connectivity index (χ1n) is 7.85. The third-order valence-corrected chi connectivity index (χ3v) is 5.03. The third-order valence-electron chi connectivity index (χ3n) is 5.03. The SMILES string of the molecule is CCC1CCC(O)C(CN2CCN(CC)CC2)C1. The number of hydrogen-bond acceptors (Lipinski definition) is 3. The highest BCUT2D eigenvalue weighted by atomic mass is 16.3. The van der Waals surface area contributed by atoms with Gasteiger partial charge in [-0.1, -0.05) is 20.3 Å². The van der Waals surface area contributed by atoms with Crippen molar-refractivity contribution in [2.24, 2.45) is 11.8 Å². The van der Waals surface area contributed by atoms with E-state index < -0.39 is 0 Å². The van der Waals surface area contributed by atoms with Crippen LogP contribution in [0.4, 0.5) is 0 Å². The van der Waals surface area contributed by atoms with Crippen molar-refractivity contribution in [2.75, 3.05) is 39.3 Å². The Labute approximate surface area is 112 Å². The van der Waals surface area contributed by atoms with Crippen LogP contribution in [-0.2, 0) is 0 Å². The lowest BCUT2D eigenvalue weighted by Gasteiger charge is -2.39. The topological polar surface area (TPSA) is 26.7 Å². The second-order valence-electron chi connectivity index (χ2n) is 6.15. The van der Waals surface area contributed by atoms with Gasteiger partial charge in [-0.05, 0) is 37.6 Å². The molecule has 106 valence electrons. The van der Waals surface area contributed by atoms with Crippen LogP contribution in [0.15, 0.2) is 0 Å². The Hall–Kier alpha value is -0.120. The van der Waals surface area contributed by atoms with Crippen LogP contribution in [0.5, 0.6) is 0 Å². The molecule has 18 heavy (non-hydrogen) atoms. The molecular formula is C15H30N2O.